The van der Waals surface area contributed by atoms with Gasteiger partial charge >= 0.3 is 0 Å². The lowest BCUT2D eigenvalue weighted by Crippen LogP contribution is -2.40. The average Bonchev–Trinajstić information content (AvgIpc) is 2.42. The number of likely N-dealkylation sites (N-methyl/N-ethyl adjacent to an activating group) is 1. The van der Waals surface area contributed by atoms with Gasteiger partial charge in [-0.1, -0.05) is 33.4 Å². The van der Waals surface area contributed by atoms with Gasteiger partial charge in [0.1, 0.15) is 0 Å². The fourth-order valence-electron chi connectivity index (χ4n) is 3.06. The van der Waals surface area contributed by atoms with Gasteiger partial charge in [-0.3, -0.25) is 4.90 Å². The van der Waals surface area contributed by atoms with Crippen molar-refractivity contribution in [2.24, 2.45) is 0 Å². The quantitative estimate of drug-likeness (QED) is 0.696. The summed E-state index contributed by atoms with van der Waals surface area (Å²) in [4.78, 5) is 2.52. The zero-order valence-electron chi connectivity index (χ0n) is 14.1. The molecule has 1 atom stereocenters. The lowest BCUT2D eigenvalue weighted by atomic mass is 9.97. The molecule has 1 unspecified atom stereocenters. The Balaban J connectivity index is 2.79. The van der Waals surface area contributed by atoms with Crippen molar-refractivity contribution in [3.05, 3.63) is 35.2 Å². The van der Waals surface area contributed by atoms with Crippen molar-refractivity contribution in [2.75, 3.05) is 13.1 Å². The minimum Gasteiger partial charge on any atom is -0.358 e. The van der Waals surface area contributed by atoms with Crippen LogP contribution in [-0.4, -0.2) is 24.0 Å². The van der Waals surface area contributed by atoms with Crippen molar-refractivity contribution in [3.8, 4) is 0 Å². The summed E-state index contributed by atoms with van der Waals surface area (Å²) in [6, 6.07) is 0.426. The normalized spacial score (nSPS) is 17.2. The molecule has 0 bridgehead atoms. The van der Waals surface area contributed by atoms with Crippen LogP contribution < -0.4 is 5.32 Å². The standard InChI is InChI=1S/C18H32N2/c1-7-13-20(9-3)17(8-2)16(6)19-18-14(4)11-10-12-15(18)5/h11,17,19H,6-10,12-13H2,1-5H3. The van der Waals surface area contributed by atoms with E-state index in [9.17, 15) is 0 Å². The van der Waals surface area contributed by atoms with E-state index in [2.05, 4.69) is 57.5 Å². The van der Waals surface area contributed by atoms with E-state index < -0.39 is 0 Å². The van der Waals surface area contributed by atoms with E-state index >= 15 is 0 Å². The Morgan fingerprint density at radius 3 is 2.55 bits per heavy atom. The van der Waals surface area contributed by atoms with E-state index in [1.165, 1.54) is 29.7 Å². The zero-order valence-corrected chi connectivity index (χ0v) is 14.1. The van der Waals surface area contributed by atoms with E-state index in [0.717, 1.165) is 31.6 Å². The Labute approximate surface area is 125 Å². The molecule has 0 aliphatic heterocycles. The van der Waals surface area contributed by atoms with Crippen LogP contribution in [0, 0.1) is 0 Å². The van der Waals surface area contributed by atoms with Crippen LogP contribution in [0.4, 0.5) is 0 Å². The van der Waals surface area contributed by atoms with Crippen LogP contribution in [0.15, 0.2) is 35.2 Å². The van der Waals surface area contributed by atoms with Crippen LogP contribution in [0.2, 0.25) is 0 Å². The highest BCUT2D eigenvalue weighted by atomic mass is 15.2. The molecule has 20 heavy (non-hydrogen) atoms. The summed E-state index contributed by atoms with van der Waals surface area (Å²) in [6.45, 7) is 17.7. The number of hydrogen-bond donors (Lipinski definition) is 1. The lowest BCUT2D eigenvalue weighted by Gasteiger charge is -2.33. The second-order valence-electron chi connectivity index (χ2n) is 5.78. The topological polar surface area (TPSA) is 15.3 Å². The molecule has 0 aromatic rings. The molecule has 1 aliphatic rings. The van der Waals surface area contributed by atoms with Gasteiger partial charge in [0.15, 0.2) is 0 Å². The molecular weight excluding hydrogens is 244 g/mol. The average molecular weight is 276 g/mol. The van der Waals surface area contributed by atoms with Crippen molar-refractivity contribution in [3.63, 3.8) is 0 Å². The van der Waals surface area contributed by atoms with E-state index in [0.29, 0.717) is 6.04 Å². The van der Waals surface area contributed by atoms with Crippen molar-refractivity contribution >= 4 is 0 Å². The molecule has 1 N–H and O–H groups in total. The number of hydrogen-bond acceptors (Lipinski definition) is 2. The minimum absolute atomic E-state index is 0.426. The maximum absolute atomic E-state index is 4.33. The maximum Gasteiger partial charge on any atom is 0.0489 e. The second-order valence-corrected chi connectivity index (χ2v) is 5.78. The molecule has 0 amide bonds. The second kappa shape index (κ2) is 8.31. The molecule has 1 aliphatic carbocycles. The Morgan fingerprint density at radius 1 is 1.35 bits per heavy atom. The summed E-state index contributed by atoms with van der Waals surface area (Å²) in [7, 11) is 0. The first-order valence-corrected chi connectivity index (χ1v) is 8.11. The van der Waals surface area contributed by atoms with Crippen molar-refractivity contribution in [1.29, 1.82) is 0 Å². The van der Waals surface area contributed by atoms with Crippen molar-refractivity contribution in [2.45, 2.75) is 66.3 Å². The molecule has 114 valence electrons. The first-order valence-electron chi connectivity index (χ1n) is 8.11. The van der Waals surface area contributed by atoms with Gasteiger partial charge in [-0.2, -0.15) is 0 Å². The number of allylic oxidation sites excluding steroid dienone is 3. The zero-order chi connectivity index (χ0) is 15.1. The van der Waals surface area contributed by atoms with Crippen molar-refractivity contribution in [1.82, 2.24) is 10.2 Å². The predicted molar refractivity (Wildman–Crippen MR) is 89.6 cm³/mol. The molecule has 0 saturated heterocycles. The molecule has 0 aromatic heterocycles. The molecule has 2 nitrogen and oxygen atoms in total. The summed E-state index contributed by atoms with van der Waals surface area (Å²) >= 11 is 0. The highest BCUT2D eigenvalue weighted by Gasteiger charge is 2.19. The third-order valence-electron chi connectivity index (χ3n) is 4.22. The van der Waals surface area contributed by atoms with Crippen LogP contribution >= 0.6 is 0 Å². The van der Waals surface area contributed by atoms with Crippen LogP contribution in [-0.2, 0) is 0 Å². The summed E-state index contributed by atoms with van der Waals surface area (Å²) in [5, 5.41) is 3.62. The first-order chi connectivity index (χ1) is 9.54. The van der Waals surface area contributed by atoms with Gasteiger partial charge in [0.05, 0.1) is 0 Å². The Bertz CT molecular complexity index is 390. The molecule has 0 saturated carbocycles. The van der Waals surface area contributed by atoms with Gasteiger partial charge in [0.25, 0.3) is 0 Å². The summed E-state index contributed by atoms with van der Waals surface area (Å²) in [5.41, 5.74) is 5.27. The SMILES string of the molecule is C=C(NC1=C(C)CCC=C1C)C(CC)N(CC)CCC. The monoisotopic (exact) mass is 276 g/mol. The van der Waals surface area contributed by atoms with Gasteiger partial charge in [0.2, 0.25) is 0 Å². The van der Waals surface area contributed by atoms with Gasteiger partial charge in [0, 0.05) is 17.4 Å². The summed E-state index contributed by atoms with van der Waals surface area (Å²) in [6.07, 6.45) is 6.96. The van der Waals surface area contributed by atoms with Crippen LogP contribution in [0.25, 0.3) is 0 Å². The fourth-order valence-corrected chi connectivity index (χ4v) is 3.06. The third kappa shape index (κ3) is 4.24. The fraction of sp³-hybridized carbons (Fsp3) is 0.667. The number of nitrogens with zero attached hydrogens (tertiary/aromatic N) is 1. The lowest BCUT2D eigenvalue weighted by molar-refractivity contribution is 0.222. The minimum atomic E-state index is 0.426. The largest absolute Gasteiger partial charge is 0.358 e. The number of rotatable bonds is 8. The highest BCUT2D eigenvalue weighted by molar-refractivity contribution is 5.37. The Kier molecular flexibility index (Phi) is 7.08. The predicted octanol–water partition coefficient (Wildman–Crippen LogP) is 4.61. The van der Waals surface area contributed by atoms with Gasteiger partial charge in [-0.05, 0) is 63.8 Å². The molecule has 0 radical (unpaired) electrons. The summed E-state index contributed by atoms with van der Waals surface area (Å²) in [5.74, 6) is 0. The van der Waals surface area contributed by atoms with E-state index in [1.807, 2.05) is 0 Å². The first kappa shape index (κ1) is 17.0. The molecule has 1 rings (SSSR count). The smallest absolute Gasteiger partial charge is 0.0489 e. The maximum atomic E-state index is 4.33. The van der Waals surface area contributed by atoms with Crippen molar-refractivity contribution < 1.29 is 0 Å². The molecule has 0 heterocycles. The van der Waals surface area contributed by atoms with Gasteiger partial charge in [-0.25, -0.2) is 0 Å². The van der Waals surface area contributed by atoms with E-state index in [1.54, 1.807) is 0 Å². The van der Waals surface area contributed by atoms with Gasteiger partial charge < -0.3 is 5.32 Å². The van der Waals surface area contributed by atoms with Crippen LogP contribution in [0.5, 0.6) is 0 Å². The molecule has 0 spiro atoms. The molecule has 0 aromatic carbocycles. The third-order valence-corrected chi connectivity index (χ3v) is 4.22. The van der Waals surface area contributed by atoms with E-state index in [4.69, 9.17) is 0 Å². The van der Waals surface area contributed by atoms with Crippen LogP contribution in [0.1, 0.15) is 60.3 Å². The summed E-state index contributed by atoms with van der Waals surface area (Å²) < 4.78 is 0. The molecule has 2 heteroatoms. The highest BCUT2D eigenvalue weighted by Crippen LogP contribution is 2.24. The molecular formula is C18H32N2. The number of nitrogens with one attached hydrogen (secondary N) is 1. The van der Waals surface area contributed by atoms with E-state index in [-0.39, 0.29) is 0 Å². The van der Waals surface area contributed by atoms with Gasteiger partial charge in [-0.15, -0.1) is 0 Å². The molecule has 0 fully saturated rings. The Hall–Kier alpha value is -1.02. The van der Waals surface area contributed by atoms with Crippen LogP contribution in [0.3, 0.4) is 0 Å². The Morgan fingerprint density at radius 2 is 2.05 bits per heavy atom.